The molecule has 0 bridgehead atoms. The van der Waals surface area contributed by atoms with Gasteiger partial charge in [-0.3, -0.25) is 4.79 Å². The number of amides is 1. The smallest absolute Gasteiger partial charge is 0.222 e. The summed E-state index contributed by atoms with van der Waals surface area (Å²) in [7, 11) is 0. The highest BCUT2D eigenvalue weighted by Gasteiger charge is 2.27. The lowest BCUT2D eigenvalue weighted by atomic mass is 9.92. The molecule has 1 fully saturated rings. The molecular weight excluding hydrogens is 162 g/mol. The molecule has 13 heavy (non-hydrogen) atoms. The van der Waals surface area contributed by atoms with E-state index in [4.69, 9.17) is 0 Å². The molecule has 0 spiro atoms. The lowest BCUT2D eigenvalue weighted by Gasteiger charge is -2.28. The monoisotopic (exact) mass is 175 g/mol. The second-order valence-corrected chi connectivity index (χ2v) is 3.68. The van der Waals surface area contributed by atoms with Gasteiger partial charge in [0.25, 0.3) is 0 Å². The number of carbonyl (C=O) groups is 1. The summed E-state index contributed by atoms with van der Waals surface area (Å²) in [6, 6.07) is 6.61. The van der Waals surface area contributed by atoms with Gasteiger partial charge in [0.1, 0.15) is 0 Å². The molecule has 1 saturated heterocycles. The summed E-state index contributed by atoms with van der Waals surface area (Å²) in [5, 5.41) is 2.88. The van der Waals surface area contributed by atoms with Crippen molar-refractivity contribution >= 4 is 5.91 Å². The van der Waals surface area contributed by atoms with Crippen LogP contribution in [0.3, 0.4) is 0 Å². The van der Waals surface area contributed by atoms with Gasteiger partial charge in [0.05, 0.1) is 12.5 Å². The second kappa shape index (κ2) is 2.87. The normalized spacial score (nSPS) is 20.8. The molecule has 0 radical (unpaired) electrons. The lowest BCUT2D eigenvalue weighted by Crippen LogP contribution is -2.41. The van der Waals surface area contributed by atoms with E-state index in [1.807, 2.05) is 0 Å². The maximum Gasteiger partial charge on any atom is 0.222 e. The fourth-order valence-corrected chi connectivity index (χ4v) is 1.76. The van der Waals surface area contributed by atoms with Gasteiger partial charge in [-0.05, 0) is 25.0 Å². The van der Waals surface area contributed by atoms with Crippen molar-refractivity contribution in [3.8, 4) is 0 Å². The zero-order chi connectivity index (χ0) is 9.42. The van der Waals surface area contributed by atoms with E-state index in [9.17, 15) is 4.79 Å². The molecule has 1 aliphatic heterocycles. The minimum atomic E-state index is 0.157. The zero-order valence-corrected chi connectivity index (χ0v) is 7.92. The highest BCUT2D eigenvalue weighted by Crippen LogP contribution is 2.26. The summed E-state index contributed by atoms with van der Waals surface area (Å²) >= 11 is 0. The van der Waals surface area contributed by atoms with Crippen LogP contribution in [-0.2, 0) is 4.79 Å². The number of rotatable bonds is 1. The Balaban J connectivity index is 2.26. The van der Waals surface area contributed by atoms with Gasteiger partial charge in [0, 0.05) is 0 Å². The molecule has 2 nitrogen and oxygen atoms in total. The van der Waals surface area contributed by atoms with Crippen LogP contribution in [0.15, 0.2) is 18.2 Å². The van der Waals surface area contributed by atoms with Crippen LogP contribution in [0.5, 0.6) is 0 Å². The van der Waals surface area contributed by atoms with E-state index in [2.05, 4.69) is 37.4 Å². The highest BCUT2D eigenvalue weighted by atomic mass is 16.2. The van der Waals surface area contributed by atoms with Gasteiger partial charge in [-0.25, -0.2) is 0 Å². The first kappa shape index (κ1) is 8.30. The summed E-state index contributed by atoms with van der Waals surface area (Å²) in [4.78, 5) is 10.8. The molecule has 1 amide bonds. The maximum atomic E-state index is 10.8. The molecule has 1 N–H and O–H groups in total. The highest BCUT2D eigenvalue weighted by molar-refractivity contribution is 5.83. The van der Waals surface area contributed by atoms with E-state index in [1.54, 1.807) is 0 Å². The number of benzene rings is 1. The number of nitrogens with one attached hydrogen (secondary N) is 1. The summed E-state index contributed by atoms with van der Waals surface area (Å²) < 4.78 is 0. The Hall–Kier alpha value is -1.31. The van der Waals surface area contributed by atoms with Crippen LogP contribution >= 0.6 is 0 Å². The Morgan fingerprint density at radius 3 is 2.62 bits per heavy atom. The molecule has 1 heterocycles. The Morgan fingerprint density at radius 1 is 1.38 bits per heavy atom. The van der Waals surface area contributed by atoms with Gasteiger partial charge in [-0.2, -0.15) is 0 Å². The molecule has 0 aliphatic carbocycles. The molecule has 2 rings (SSSR count). The van der Waals surface area contributed by atoms with E-state index in [-0.39, 0.29) is 11.9 Å². The lowest BCUT2D eigenvalue weighted by molar-refractivity contribution is -0.128. The van der Waals surface area contributed by atoms with E-state index < -0.39 is 0 Å². The second-order valence-electron chi connectivity index (χ2n) is 3.68. The summed E-state index contributed by atoms with van der Waals surface area (Å²) in [5.74, 6) is 0.157. The van der Waals surface area contributed by atoms with Gasteiger partial charge in [-0.15, -0.1) is 0 Å². The van der Waals surface area contributed by atoms with Crippen LogP contribution in [0.4, 0.5) is 0 Å². The minimum Gasteiger partial charge on any atom is -0.349 e. The quantitative estimate of drug-likeness (QED) is 0.648. The van der Waals surface area contributed by atoms with Crippen LogP contribution in [0.1, 0.15) is 29.2 Å². The SMILES string of the molecule is Cc1ccc(C2CC(=O)N2)c(C)c1. The Labute approximate surface area is 78.0 Å². The molecule has 1 aliphatic rings. The van der Waals surface area contributed by atoms with Crippen molar-refractivity contribution in [1.82, 2.24) is 5.32 Å². The predicted octanol–water partition coefficient (Wildman–Crippen LogP) is 1.86. The first-order valence-corrected chi connectivity index (χ1v) is 4.53. The third kappa shape index (κ3) is 1.44. The third-order valence-corrected chi connectivity index (χ3v) is 2.53. The Bertz CT molecular complexity index is 349. The summed E-state index contributed by atoms with van der Waals surface area (Å²) in [6.07, 6.45) is 0.643. The number of β-lactam (4-membered cyclic amide) rings is 1. The van der Waals surface area contributed by atoms with Crippen LogP contribution in [0, 0.1) is 13.8 Å². The number of hydrogen-bond donors (Lipinski definition) is 1. The molecule has 2 heteroatoms. The van der Waals surface area contributed by atoms with Crippen LogP contribution < -0.4 is 5.32 Å². The van der Waals surface area contributed by atoms with Crippen molar-refractivity contribution < 1.29 is 4.79 Å². The minimum absolute atomic E-state index is 0.157. The van der Waals surface area contributed by atoms with Crippen LogP contribution in [-0.4, -0.2) is 5.91 Å². The number of aryl methyl sites for hydroxylation is 2. The first-order valence-electron chi connectivity index (χ1n) is 4.53. The van der Waals surface area contributed by atoms with Crippen molar-refractivity contribution in [2.45, 2.75) is 26.3 Å². The van der Waals surface area contributed by atoms with Gasteiger partial charge in [-0.1, -0.05) is 23.8 Å². The molecule has 68 valence electrons. The molecule has 0 aromatic heterocycles. The van der Waals surface area contributed by atoms with Gasteiger partial charge in [0.15, 0.2) is 0 Å². The number of carbonyl (C=O) groups excluding carboxylic acids is 1. The maximum absolute atomic E-state index is 10.8. The van der Waals surface area contributed by atoms with Crippen molar-refractivity contribution in [2.75, 3.05) is 0 Å². The topological polar surface area (TPSA) is 29.1 Å². The van der Waals surface area contributed by atoms with E-state index in [0.29, 0.717) is 6.42 Å². The number of hydrogen-bond acceptors (Lipinski definition) is 1. The van der Waals surface area contributed by atoms with Crippen molar-refractivity contribution in [3.63, 3.8) is 0 Å². The van der Waals surface area contributed by atoms with Gasteiger partial charge in [0.2, 0.25) is 5.91 Å². The summed E-state index contributed by atoms with van der Waals surface area (Å²) in [5.41, 5.74) is 3.79. The molecule has 1 aromatic rings. The fourth-order valence-electron chi connectivity index (χ4n) is 1.76. The Kier molecular flexibility index (Phi) is 1.83. The molecule has 1 atom stereocenters. The van der Waals surface area contributed by atoms with Crippen molar-refractivity contribution in [1.29, 1.82) is 0 Å². The average molecular weight is 175 g/mol. The summed E-state index contributed by atoms with van der Waals surface area (Å²) in [6.45, 7) is 4.17. The van der Waals surface area contributed by atoms with Gasteiger partial charge < -0.3 is 5.32 Å². The van der Waals surface area contributed by atoms with Crippen molar-refractivity contribution in [3.05, 3.63) is 34.9 Å². The van der Waals surface area contributed by atoms with Gasteiger partial charge >= 0.3 is 0 Å². The Morgan fingerprint density at radius 2 is 2.08 bits per heavy atom. The third-order valence-electron chi connectivity index (χ3n) is 2.53. The van der Waals surface area contributed by atoms with Crippen molar-refractivity contribution in [2.24, 2.45) is 0 Å². The van der Waals surface area contributed by atoms with E-state index >= 15 is 0 Å². The largest absolute Gasteiger partial charge is 0.349 e. The fraction of sp³-hybridized carbons (Fsp3) is 0.364. The first-order chi connectivity index (χ1) is 6.16. The van der Waals surface area contributed by atoms with E-state index in [1.165, 1.54) is 16.7 Å². The molecule has 1 unspecified atom stereocenters. The van der Waals surface area contributed by atoms with Crippen LogP contribution in [0.2, 0.25) is 0 Å². The van der Waals surface area contributed by atoms with Crippen LogP contribution in [0.25, 0.3) is 0 Å². The molecule has 0 saturated carbocycles. The zero-order valence-electron chi connectivity index (χ0n) is 7.92. The average Bonchev–Trinajstić information content (AvgIpc) is 2.00. The standard InChI is InChI=1S/C11H13NO/c1-7-3-4-9(8(2)5-7)10-6-11(13)12-10/h3-5,10H,6H2,1-2H3,(H,12,13). The molecule has 1 aromatic carbocycles. The molecular formula is C11H13NO. The van der Waals surface area contributed by atoms with E-state index in [0.717, 1.165) is 0 Å². The predicted molar refractivity (Wildman–Crippen MR) is 51.4 cm³/mol.